The standard InChI is InChI=1S/C11H11FN2S/c1-8(11-6-15-7-13-11)14-10-4-2-3-9(12)5-10/h2-8,14H,1H3. The van der Waals surface area contributed by atoms with E-state index in [1.165, 1.54) is 12.1 Å². The zero-order valence-corrected chi connectivity index (χ0v) is 9.09. The molecule has 2 aromatic rings. The van der Waals surface area contributed by atoms with Gasteiger partial charge in [0.25, 0.3) is 0 Å². The number of anilines is 1. The van der Waals surface area contributed by atoms with Gasteiger partial charge in [0, 0.05) is 11.1 Å². The van der Waals surface area contributed by atoms with Crippen molar-refractivity contribution in [2.24, 2.45) is 0 Å². The molecule has 2 nitrogen and oxygen atoms in total. The average molecular weight is 222 g/mol. The Morgan fingerprint density at radius 3 is 3.00 bits per heavy atom. The fourth-order valence-corrected chi connectivity index (χ4v) is 1.99. The van der Waals surface area contributed by atoms with Gasteiger partial charge in [-0.3, -0.25) is 0 Å². The molecule has 0 aliphatic rings. The number of aromatic nitrogens is 1. The highest BCUT2D eigenvalue weighted by Gasteiger charge is 2.06. The monoisotopic (exact) mass is 222 g/mol. The summed E-state index contributed by atoms with van der Waals surface area (Å²) in [5.74, 6) is -0.231. The van der Waals surface area contributed by atoms with Crippen LogP contribution in [0.2, 0.25) is 0 Å². The molecule has 1 atom stereocenters. The lowest BCUT2D eigenvalue weighted by Crippen LogP contribution is -2.06. The average Bonchev–Trinajstić information content (AvgIpc) is 2.70. The molecule has 0 aliphatic carbocycles. The molecule has 1 heterocycles. The van der Waals surface area contributed by atoms with Gasteiger partial charge in [-0.1, -0.05) is 6.07 Å². The van der Waals surface area contributed by atoms with Crippen LogP contribution < -0.4 is 5.32 Å². The fraction of sp³-hybridized carbons (Fsp3) is 0.182. The highest BCUT2D eigenvalue weighted by molar-refractivity contribution is 7.07. The largest absolute Gasteiger partial charge is 0.377 e. The van der Waals surface area contributed by atoms with E-state index in [1.807, 2.05) is 18.4 Å². The van der Waals surface area contributed by atoms with Gasteiger partial charge in [0.05, 0.1) is 17.2 Å². The minimum atomic E-state index is -0.231. The molecule has 0 saturated heterocycles. The molecule has 4 heteroatoms. The van der Waals surface area contributed by atoms with Gasteiger partial charge in [0.15, 0.2) is 0 Å². The normalized spacial score (nSPS) is 12.4. The summed E-state index contributed by atoms with van der Waals surface area (Å²) in [6.07, 6.45) is 0. The van der Waals surface area contributed by atoms with Crippen molar-refractivity contribution >= 4 is 17.0 Å². The van der Waals surface area contributed by atoms with Gasteiger partial charge in [-0.2, -0.15) is 0 Å². The second-order valence-electron chi connectivity index (χ2n) is 3.29. The quantitative estimate of drug-likeness (QED) is 0.860. The number of thiazole rings is 1. The summed E-state index contributed by atoms with van der Waals surface area (Å²) in [6, 6.07) is 6.52. The molecular weight excluding hydrogens is 211 g/mol. The Balaban J connectivity index is 2.09. The van der Waals surface area contributed by atoms with E-state index in [4.69, 9.17) is 0 Å². The van der Waals surface area contributed by atoms with Crippen molar-refractivity contribution < 1.29 is 4.39 Å². The van der Waals surface area contributed by atoms with Crippen LogP contribution in [0.15, 0.2) is 35.2 Å². The predicted molar refractivity (Wildman–Crippen MR) is 60.6 cm³/mol. The van der Waals surface area contributed by atoms with Gasteiger partial charge in [0.2, 0.25) is 0 Å². The van der Waals surface area contributed by atoms with Gasteiger partial charge >= 0.3 is 0 Å². The zero-order chi connectivity index (χ0) is 10.7. The molecule has 0 spiro atoms. The van der Waals surface area contributed by atoms with Crippen LogP contribution >= 0.6 is 11.3 Å². The smallest absolute Gasteiger partial charge is 0.125 e. The molecule has 0 amide bonds. The maximum atomic E-state index is 12.9. The zero-order valence-electron chi connectivity index (χ0n) is 8.27. The second kappa shape index (κ2) is 4.40. The van der Waals surface area contributed by atoms with E-state index in [0.29, 0.717) is 0 Å². The van der Waals surface area contributed by atoms with Crippen molar-refractivity contribution in [1.82, 2.24) is 4.98 Å². The summed E-state index contributed by atoms with van der Waals surface area (Å²) in [5, 5.41) is 5.17. The minimum Gasteiger partial charge on any atom is -0.377 e. The van der Waals surface area contributed by atoms with Crippen LogP contribution in [0, 0.1) is 5.82 Å². The Kier molecular flexibility index (Phi) is 2.97. The molecular formula is C11H11FN2S. The third-order valence-corrected chi connectivity index (χ3v) is 2.71. The van der Waals surface area contributed by atoms with Gasteiger partial charge in [0.1, 0.15) is 5.82 Å². The third-order valence-electron chi connectivity index (χ3n) is 2.10. The number of nitrogens with one attached hydrogen (secondary N) is 1. The van der Waals surface area contributed by atoms with Gasteiger partial charge < -0.3 is 5.32 Å². The summed E-state index contributed by atoms with van der Waals surface area (Å²) in [7, 11) is 0. The van der Waals surface area contributed by atoms with Crippen molar-refractivity contribution in [3.05, 3.63) is 46.7 Å². The summed E-state index contributed by atoms with van der Waals surface area (Å²) in [5.41, 5.74) is 3.54. The van der Waals surface area contributed by atoms with Gasteiger partial charge in [-0.05, 0) is 25.1 Å². The van der Waals surface area contributed by atoms with Crippen LogP contribution in [0.1, 0.15) is 18.7 Å². The Labute approximate surface area is 91.8 Å². The van der Waals surface area contributed by atoms with Gasteiger partial charge in [-0.25, -0.2) is 9.37 Å². The molecule has 0 fully saturated rings. The van der Waals surface area contributed by atoms with Crippen molar-refractivity contribution in [2.75, 3.05) is 5.32 Å². The van der Waals surface area contributed by atoms with Gasteiger partial charge in [-0.15, -0.1) is 11.3 Å². The maximum absolute atomic E-state index is 12.9. The van der Waals surface area contributed by atoms with E-state index >= 15 is 0 Å². The second-order valence-corrected chi connectivity index (χ2v) is 4.01. The Hall–Kier alpha value is -1.42. The summed E-state index contributed by atoms with van der Waals surface area (Å²) in [4.78, 5) is 4.20. The molecule has 1 aromatic carbocycles. The van der Waals surface area contributed by atoms with E-state index in [2.05, 4.69) is 10.3 Å². The number of rotatable bonds is 3. The van der Waals surface area contributed by atoms with Crippen molar-refractivity contribution in [1.29, 1.82) is 0 Å². The van der Waals surface area contributed by atoms with Crippen molar-refractivity contribution in [2.45, 2.75) is 13.0 Å². The van der Waals surface area contributed by atoms with Crippen LogP contribution in [0.5, 0.6) is 0 Å². The first kappa shape index (κ1) is 10.1. The number of hydrogen-bond acceptors (Lipinski definition) is 3. The molecule has 0 radical (unpaired) electrons. The van der Waals surface area contributed by atoms with E-state index < -0.39 is 0 Å². The maximum Gasteiger partial charge on any atom is 0.125 e. The molecule has 1 unspecified atom stereocenters. The van der Waals surface area contributed by atoms with E-state index in [1.54, 1.807) is 22.9 Å². The first-order valence-electron chi connectivity index (χ1n) is 4.66. The fourth-order valence-electron chi connectivity index (χ4n) is 1.34. The van der Waals surface area contributed by atoms with Crippen LogP contribution in [-0.2, 0) is 0 Å². The first-order valence-corrected chi connectivity index (χ1v) is 5.60. The topological polar surface area (TPSA) is 24.9 Å². The van der Waals surface area contributed by atoms with Crippen LogP contribution in [-0.4, -0.2) is 4.98 Å². The SMILES string of the molecule is CC(Nc1cccc(F)c1)c1cscn1. The lowest BCUT2D eigenvalue weighted by molar-refractivity contribution is 0.628. The molecule has 1 aromatic heterocycles. The molecule has 0 aliphatic heterocycles. The summed E-state index contributed by atoms with van der Waals surface area (Å²) < 4.78 is 12.9. The number of benzene rings is 1. The number of halogens is 1. The van der Waals surface area contributed by atoms with Crippen molar-refractivity contribution in [3.8, 4) is 0 Å². The summed E-state index contributed by atoms with van der Waals surface area (Å²) >= 11 is 1.56. The minimum absolute atomic E-state index is 0.0954. The molecule has 2 rings (SSSR count). The molecule has 78 valence electrons. The Morgan fingerprint density at radius 1 is 1.47 bits per heavy atom. The molecule has 0 saturated carbocycles. The van der Waals surface area contributed by atoms with Crippen molar-refractivity contribution in [3.63, 3.8) is 0 Å². The Bertz CT molecular complexity index is 428. The van der Waals surface area contributed by atoms with E-state index in [9.17, 15) is 4.39 Å². The van der Waals surface area contributed by atoms with E-state index in [0.717, 1.165) is 11.4 Å². The highest BCUT2D eigenvalue weighted by atomic mass is 32.1. The Morgan fingerprint density at radius 2 is 2.33 bits per heavy atom. The lowest BCUT2D eigenvalue weighted by Gasteiger charge is -2.12. The predicted octanol–water partition coefficient (Wildman–Crippen LogP) is 3.46. The highest BCUT2D eigenvalue weighted by Crippen LogP contribution is 2.19. The molecule has 0 bridgehead atoms. The van der Waals surface area contributed by atoms with Crippen LogP contribution in [0.3, 0.4) is 0 Å². The lowest BCUT2D eigenvalue weighted by atomic mass is 10.2. The number of hydrogen-bond donors (Lipinski definition) is 1. The van der Waals surface area contributed by atoms with Crippen LogP contribution in [0.25, 0.3) is 0 Å². The molecule has 15 heavy (non-hydrogen) atoms. The van der Waals surface area contributed by atoms with E-state index in [-0.39, 0.29) is 11.9 Å². The van der Waals surface area contributed by atoms with Crippen LogP contribution in [0.4, 0.5) is 10.1 Å². The molecule has 1 N–H and O–H groups in total. The third kappa shape index (κ3) is 2.53. The number of nitrogens with zero attached hydrogens (tertiary/aromatic N) is 1. The first-order chi connectivity index (χ1) is 7.25. The summed E-state index contributed by atoms with van der Waals surface area (Å²) in [6.45, 7) is 2.00.